The van der Waals surface area contributed by atoms with E-state index in [4.69, 9.17) is 0 Å². The minimum atomic E-state index is -1.21. The van der Waals surface area contributed by atoms with Crippen LogP contribution in [-0.2, 0) is 42.9 Å². The number of carbonyl (C=O) groups is 2. The molecule has 0 bridgehead atoms. The third-order valence-corrected chi connectivity index (χ3v) is 7.08. The number of phenolic OH excluding ortho intramolecular Hbond substituents is 1. The van der Waals surface area contributed by atoms with E-state index < -0.39 is 5.41 Å². The molecule has 0 aliphatic heterocycles. The summed E-state index contributed by atoms with van der Waals surface area (Å²) in [6, 6.07) is 9.34. The fourth-order valence-corrected chi connectivity index (χ4v) is 4.92. The number of hydrogen-bond acceptors (Lipinski definition) is 5. The number of hydrogen-bond donors (Lipinski definition) is 1. The van der Waals surface area contributed by atoms with Gasteiger partial charge in [0.25, 0.3) is 0 Å². The topological polar surface area (TPSA) is 90.0 Å². The van der Waals surface area contributed by atoms with Crippen molar-refractivity contribution in [3.05, 3.63) is 64.2 Å². The first-order valence-corrected chi connectivity index (χ1v) is 12.8. The van der Waals surface area contributed by atoms with E-state index in [-0.39, 0.29) is 23.7 Å². The van der Waals surface area contributed by atoms with Gasteiger partial charge in [-0.3, -0.25) is 19.0 Å². The van der Waals surface area contributed by atoms with Gasteiger partial charge in [0.1, 0.15) is 17.3 Å². The van der Waals surface area contributed by atoms with Crippen LogP contribution in [0.4, 0.5) is 0 Å². The smallest absolute Gasteiger partial charge is 0.147 e. The highest BCUT2D eigenvalue weighted by Gasteiger charge is 2.45. The molecule has 0 radical (unpaired) electrons. The fraction of sp³-hybridized carbons (Fsp3) is 0.517. The van der Waals surface area contributed by atoms with Gasteiger partial charge in [-0.2, -0.15) is 10.2 Å². The second-order valence-electron chi connectivity index (χ2n) is 10.6. The molecule has 0 saturated carbocycles. The van der Waals surface area contributed by atoms with Crippen LogP contribution in [0.3, 0.4) is 0 Å². The Labute approximate surface area is 214 Å². The first-order chi connectivity index (χ1) is 16.9. The number of aryl methyl sites for hydroxylation is 6. The maximum Gasteiger partial charge on any atom is 0.147 e. The van der Waals surface area contributed by atoms with Gasteiger partial charge in [0, 0.05) is 51.2 Å². The average Bonchev–Trinajstić information content (AvgIpc) is 3.29. The molecule has 0 atom stereocenters. The van der Waals surface area contributed by atoms with Crippen LogP contribution in [0, 0.1) is 32.1 Å². The van der Waals surface area contributed by atoms with Crippen LogP contribution in [0.1, 0.15) is 67.0 Å². The molecule has 7 nitrogen and oxygen atoms in total. The van der Waals surface area contributed by atoms with Crippen molar-refractivity contribution in [3.63, 3.8) is 0 Å². The predicted molar refractivity (Wildman–Crippen MR) is 141 cm³/mol. The summed E-state index contributed by atoms with van der Waals surface area (Å²) in [5.74, 6) is 0.529. The number of rotatable bonds is 12. The molecule has 0 spiro atoms. The van der Waals surface area contributed by atoms with E-state index in [2.05, 4.69) is 24.0 Å². The lowest BCUT2D eigenvalue weighted by molar-refractivity contribution is -0.141. The molecule has 1 N–H and O–H groups in total. The minimum absolute atomic E-state index is 0.0132. The zero-order valence-electron chi connectivity index (χ0n) is 22.8. The third-order valence-electron chi connectivity index (χ3n) is 7.08. The summed E-state index contributed by atoms with van der Waals surface area (Å²) in [5, 5.41) is 18.8. The number of benzene rings is 1. The highest BCUT2D eigenvalue weighted by Crippen LogP contribution is 2.35. The molecule has 0 saturated heterocycles. The van der Waals surface area contributed by atoms with E-state index in [1.807, 2.05) is 59.1 Å². The average molecular weight is 493 g/mol. The molecule has 36 heavy (non-hydrogen) atoms. The van der Waals surface area contributed by atoms with E-state index in [0.717, 1.165) is 40.3 Å². The van der Waals surface area contributed by atoms with E-state index in [1.165, 1.54) is 0 Å². The van der Waals surface area contributed by atoms with Gasteiger partial charge in [-0.15, -0.1) is 0 Å². The van der Waals surface area contributed by atoms with Gasteiger partial charge >= 0.3 is 0 Å². The molecular formula is C29H40N4O3. The molecule has 194 valence electrons. The number of carbonyl (C=O) groups excluding carboxylic acids is 2. The lowest BCUT2D eigenvalue weighted by Gasteiger charge is -2.32. The Bertz CT molecular complexity index is 1190. The number of aromatic hydroxyl groups is 1. The van der Waals surface area contributed by atoms with Crippen molar-refractivity contribution in [3.8, 4) is 5.75 Å². The zero-order chi connectivity index (χ0) is 26.6. The van der Waals surface area contributed by atoms with Crippen molar-refractivity contribution in [2.75, 3.05) is 0 Å². The summed E-state index contributed by atoms with van der Waals surface area (Å²) in [4.78, 5) is 28.2. The van der Waals surface area contributed by atoms with E-state index in [9.17, 15) is 14.7 Å². The number of nitrogens with zero attached hydrogens (tertiary/aromatic N) is 4. The van der Waals surface area contributed by atoms with Crippen molar-refractivity contribution in [1.29, 1.82) is 0 Å². The van der Waals surface area contributed by atoms with Gasteiger partial charge in [0.15, 0.2) is 0 Å². The molecule has 0 aliphatic carbocycles. The Morgan fingerprint density at radius 2 is 1.42 bits per heavy atom. The number of aromatic nitrogens is 4. The Morgan fingerprint density at radius 1 is 0.889 bits per heavy atom. The second-order valence-corrected chi connectivity index (χ2v) is 10.6. The van der Waals surface area contributed by atoms with Crippen LogP contribution in [-0.4, -0.2) is 36.2 Å². The quantitative estimate of drug-likeness (QED) is 0.368. The van der Waals surface area contributed by atoms with E-state index in [1.54, 1.807) is 15.4 Å². The van der Waals surface area contributed by atoms with Gasteiger partial charge in [0.05, 0.1) is 16.8 Å². The summed E-state index contributed by atoms with van der Waals surface area (Å²) in [5.41, 5.74) is 4.00. The molecule has 3 aromatic rings. The summed E-state index contributed by atoms with van der Waals surface area (Å²) in [7, 11) is 3.73. The Kier molecular flexibility index (Phi) is 8.54. The third kappa shape index (κ3) is 6.31. The van der Waals surface area contributed by atoms with Crippen molar-refractivity contribution >= 4 is 11.6 Å². The van der Waals surface area contributed by atoms with Gasteiger partial charge in [0.2, 0.25) is 0 Å². The van der Waals surface area contributed by atoms with Crippen molar-refractivity contribution < 1.29 is 14.7 Å². The van der Waals surface area contributed by atoms with Crippen molar-refractivity contribution in [1.82, 2.24) is 19.6 Å². The lowest BCUT2D eigenvalue weighted by Crippen LogP contribution is -2.44. The maximum absolute atomic E-state index is 14.2. The maximum atomic E-state index is 14.2. The lowest BCUT2D eigenvalue weighted by atomic mass is 9.69. The number of Topliss-reactive ketones (excluding diaryl/α,β-unsaturated/α-hetero) is 2. The molecule has 7 heteroatoms. The fourth-order valence-electron chi connectivity index (χ4n) is 4.92. The molecule has 2 aromatic heterocycles. The van der Waals surface area contributed by atoms with Crippen LogP contribution in [0.2, 0.25) is 0 Å². The second kappa shape index (κ2) is 11.2. The number of ketones is 2. The molecule has 0 aliphatic rings. The predicted octanol–water partition coefficient (Wildman–Crippen LogP) is 4.76. The first-order valence-electron chi connectivity index (χ1n) is 12.8. The van der Waals surface area contributed by atoms with E-state index >= 15 is 0 Å². The molecule has 0 amide bonds. The van der Waals surface area contributed by atoms with Crippen molar-refractivity contribution in [2.24, 2.45) is 25.4 Å². The normalized spacial score (nSPS) is 11.9. The monoisotopic (exact) mass is 492 g/mol. The van der Waals surface area contributed by atoms with Crippen LogP contribution >= 0.6 is 0 Å². The highest BCUT2D eigenvalue weighted by atomic mass is 16.3. The molecule has 1 aromatic carbocycles. The first kappa shape index (κ1) is 27.4. The Morgan fingerprint density at radius 3 is 1.86 bits per heavy atom. The van der Waals surface area contributed by atoms with Crippen LogP contribution in [0.25, 0.3) is 0 Å². The molecule has 0 fully saturated rings. The van der Waals surface area contributed by atoms with Gasteiger partial charge in [-0.1, -0.05) is 26.0 Å². The largest absolute Gasteiger partial charge is 0.508 e. The van der Waals surface area contributed by atoms with Gasteiger partial charge in [-0.05, 0) is 68.9 Å². The summed E-state index contributed by atoms with van der Waals surface area (Å²) < 4.78 is 3.57. The molecular weight excluding hydrogens is 452 g/mol. The Hall–Kier alpha value is -3.22. The summed E-state index contributed by atoms with van der Waals surface area (Å²) in [6.07, 6.45) is 2.45. The number of phenols is 1. The molecule has 0 unspecified atom stereocenters. The molecule has 2 heterocycles. The van der Waals surface area contributed by atoms with Crippen LogP contribution in [0.5, 0.6) is 5.75 Å². The van der Waals surface area contributed by atoms with Crippen LogP contribution in [0.15, 0.2) is 30.3 Å². The van der Waals surface area contributed by atoms with E-state index in [0.29, 0.717) is 31.6 Å². The van der Waals surface area contributed by atoms with Crippen LogP contribution < -0.4 is 0 Å². The zero-order valence-corrected chi connectivity index (χ0v) is 22.8. The Balaban J connectivity index is 2.04. The standard InChI is InChI=1S/C29H40N4O3/c1-19(2)8-12-27(35)29(17-24-15-21(4)30-32(24)6,18-25-16-22(5)31-33(25)7)28(36)13-10-23-9-11-26(34)20(3)14-23/h9,11,14-16,19,34H,8,10,12-13,17-18H2,1-7H3. The highest BCUT2D eigenvalue weighted by molar-refractivity contribution is 6.07. The summed E-state index contributed by atoms with van der Waals surface area (Å²) >= 11 is 0. The van der Waals surface area contributed by atoms with Gasteiger partial charge < -0.3 is 5.11 Å². The summed E-state index contributed by atoms with van der Waals surface area (Å²) in [6.45, 7) is 9.88. The minimum Gasteiger partial charge on any atom is -0.508 e. The SMILES string of the molecule is Cc1cc(CC(Cc2cc(C)nn2C)(C(=O)CCc2ccc(O)c(C)c2)C(=O)CCC(C)C)n(C)n1. The van der Waals surface area contributed by atoms with Crippen molar-refractivity contribution in [2.45, 2.75) is 73.1 Å². The molecule has 3 rings (SSSR count). The van der Waals surface area contributed by atoms with Gasteiger partial charge in [-0.25, -0.2) is 0 Å².